The van der Waals surface area contributed by atoms with Gasteiger partial charge in [0, 0.05) is 12.8 Å². The van der Waals surface area contributed by atoms with E-state index in [0.29, 0.717) is 19.4 Å². The molecule has 0 spiro atoms. The van der Waals surface area contributed by atoms with Crippen molar-refractivity contribution in [3.05, 3.63) is 35.9 Å². The second-order valence-corrected chi connectivity index (χ2v) is 9.74. The maximum Gasteiger partial charge on any atom is 0.326 e. The van der Waals surface area contributed by atoms with Gasteiger partial charge in [-0.25, -0.2) is 4.79 Å². The summed E-state index contributed by atoms with van der Waals surface area (Å²) < 4.78 is 0. The average Bonchev–Trinajstić information content (AvgIpc) is 2.85. The molecular formula is C26H42N6O6. The van der Waals surface area contributed by atoms with Crippen molar-refractivity contribution in [2.75, 3.05) is 6.54 Å². The summed E-state index contributed by atoms with van der Waals surface area (Å²) in [5.74, 6) is -3.67. The van der Waals surface area contributed by atoms with Crippen molar-refractivity contribution >= 4 is 29.6 Å². The molecule has 0 heterocycles. The molecule has 12 nitrogen and oxygen atoms in total. The third kappa shape index (κ3) is 12.6. The van der Waals surface area contributed by atoms with E-state index in [2.05, 4.69) is 16.0 Å². The Hall–Kier alpha value is -3.51. The maximum atomic E-state index is 13.3. The molecule has 0 saturated carbocycles. The van der Waals surface area contributed by atoms with Crippen LogP contribution in [0, 0.1) is 5.92 Å². The molecule has 1 rings (SSSR count). The second-order valence-electron chi connectivity index (χ2n) is 9.74. The van der Waals surface area contributed by atoms with Crippen LogP contribution in [0.1, 0.15) is 57.9 Å². The highest BCUT2D eigenvalue weighted by Gasteiger charge is 2.30. The lowest BCUT2D eigenvalue weighted by molar-refractivity contribution is -0.142. The molecule has 0 fully saturated rings. The Kier molecular flexibility index (Phi) is 14.6. The maximum absolute atomic E-state index is 13.3. The molecule has 212 valence electrons. The Morgan fingerprint density at radius 3 is 1.97 bits per heavy atom. The van der Waals surface area contributed by atoms with Crippen molar-refractivity contribution in [1.29, 1.82) is 0 Å². The summed E-state index contributed by atoms with van der Waals surface area (Å²) in [6.45, 7) is 4.08. The van der Waals surface area contributed by atoms with Gasteiger partial charge in [0.2, 0.25) is 23.6 Å². The minimum absolute atomic E-state index is 0.0134. The van der Waals surface area contributed by atoms with E-state index in [9.17, 15) is 29.1 Å². The minimum atomic E-state index is -1.17. The van der Waals surface area contributed by atoms with Gasteiger partial charge >= 0.3 is 5.97 Å². The first-order valence-corrected chi connectivity index (χ1v) is 12.9. The molecule has 0 aliphatic heterocycles. The van der Waals surface area contributed by atoms with Gasteiger partial charge in [-0.15, -0.1) is 0 Å². The van der Waals surface area contributed by atoms with Gasteiger partial charge in [-0.2, -0.15) is 0 Å². The monoisotopic (exact) mass is 534 g/mol. The average molecular weight is 535 g/mol. The first-order chi connectivity index (χ1) is 17.9. The fourth-order valence-electron chi connectivity index (χ4n) is 3.77. The number of amides is 4. The van der Waals surface area contributed by atoms with E-state index in [1.54, 1.807) is 24.3 Å². The fraction of sp³-hybridized carbons (Fsp3) is 0.577. The molecule has 1 aromatic carbocycles. The van der Waals surface area contributed by atoms with E-state index in [4.69, 9.17) is 17.2 Å². The van der Waals surface area contributed by atoms with Crippen LogP contribution in [-0.2, 0) is 30.4 Å². The van der Waals surface area contributed by atoms with Gasteiger partial charge in [-0.05, 0) is 50.1 Å². The first-order valence-electron chi connectivity index (χ1n) is 12.9. The number of carbonyl (C=O) groups is 5. The molecule has 0 aliphatic carbocycles. The Labute approximate surface area is 223 Å². The summed E-state index contributed by atoms with van der Waals surface area (Å²) in [7, 11) is 0. The predicted molar refractivity (Wildman–Crippen MR) is 142 cm³/mol. The standard InChI is InChI=1S/C26H42N6O6/c1-16(2)14-21(26(37)38)32-25(36)20(15-17-8-4-3-5-9-17)31-24(35)19(10-6-7-13-27)30-23(34)18(28)11-12-22(29)33/h3-5,8-9,16,18-21H,6-7,10-15,27-28H2,1-2H3,(H2,29,33)(H,30,34)(H,31,35)(H,32,36)(H,37,38). The quantitative estimate of drug-likeness (QED) is 0.122. The second kappa shape index (κ2) is 17.1. The number of carbonyl (C=O) groups excluding carboxylic acids is 4. The van der Waals surface area contributed by atoms with Crippen molar-refractivity contribution < 1.29 is 29.1 Å². The van der Waals surface area contributed by atoms with Gasteiger partial charge in [0.05, 0.1) is 6.04 Å². The molecular weight excluding hydrogens is 492 g/mol. The summed E-state index contributed by atoms with van der Waals surface area (Å²) in [4.78, 5) is 61.8. The van der Waals surface area contributed by atoms with Crippen LogP contribution in [0.5, 0.6) is 0 Å². The van der Waals surface area contributed by atoms with E-state index < -0.39 is 53.8 Å². The number of carboxylic acids is 1. The van der Waals surface area contributed by atoms with Gasteiger partial charge < -0.3 is 38.3 Å². The molecule has 0 aromatic heterocycles. The molecule has 0 bridgehead atoms. The van der Waals surface area contributed by atoms with E-state index in [0.717, 1.165) is 5.56 Å². The van der Waals surface area contributed by atoms with Gasteiger partial charge in [0.25, 0.3) is 0 Å². The number of unbranched alkanes of at least 4 members (excludes halogenated alkanes) is 1. The lowest BCUT2D eigenvalue weighted by atomic mass is 10.0. The van der Waals surface area contributed by atoms with E-state index in [1.165, 1.54) is 0 Å². The fourth-order valence-corrected chi connectivity index (χ4v) is 3.77. The molecule has 4 amide bonds. The summed E-state index contributed by atoms with van der Waals surface area (Å²) in [5, 5.41) is 17.4. The SMILES string of the molecule is CC(C)CC(NC(=O)C(Cc1ccccc1)NC(=O)C(CCCCN)NC(=O)C(N)CCC(N)=O)C(=O)O. The summed E-state index contributed by atoms with van der Waals surface area (Å²) in [6.07, 6.45) is 1.63. The Balaban J connectivity index is 3.10. The lowest BCUT2D eigenvalue weighted by Gasteiger charge is -2.26. The van der Waals surface area contributed by atoms with Crippen LogP contribution in [-0.4, -0.2) is 65.4 Å². The largest absolute Gasteiger partial charge is 0.480 e. The topological polar surface area (TPSA) is 220 Å². The Morgan fingerprint density at radius 2 is 1.42 bits per heavy atom. The van der Waals surface area contributed by atoms with E-state index >= 15 is 0 Å². The molecule has 4 unspecified atom stereocenters. The van der Waals surface area contributed by atoms with E-state index in [-0.39, 0.29) is 38.0 Å². The number of nitrogens with one attached hydrogen (secondary N) is 3. The molecule has 0 aliphatic rings. The zero-order valence-corrected chi connectivity index (χ0v) is 22.2. The summed E-state index contributed by atoms with van der Waals surface area (Å²) in [6, 6.07) is 4.65. The molecule has 0 radical (unpaired) electrons. The first kappa shape index (κ1) is 32.5. The highest BCUT2D eigenvalue weighted by molar-refractivity contribution is 5.94. The number of hydrogen-bond donors (Lipinski definition) is 7. The van der Waals surface area contributed by atoms with Crippen LogP contribution in [0.25, 0.3) is 0 Å². The normalized spacial score (nSPS) is 14.1. The van der Waals surface area contributed by atoms with Gasteiger partial charge in [-0.3, -0.25) is 19.2 Å². The lowest BCUT2D eigenvalue weighted by Crippen LogP contribution is -2.57. The smallest absolute Gasteiger partial charge is 0.326 e. The zero-order chi connectivity index (χ0) is 28.7. The van der Waals surface area contributed by atoms with Crippen molar-refractivity contribution in [3.8, 4) is 0 Å². The molecule has 10 N–H and O–H groups in total. The minimum Gasteiger partial charge on any atom is -0.480 e. The van der Waals surface area contributed by atoms with Crippen LogP contribution >= 0.6 is 0 Å². The number of carboxylic acid groups (broad SMARTS) is 1. The Bertz CT molecular complexity index is 926. The molecule has 38 heavy (non-hydrogen) atoms. The molecule has 4 atom stereocenters. The van der Waals surface area contributed by atoms with Crippen molar-refractivity contribution in [2.24, 2.45) is 23.1 Å². The van der Waals surface area contributed by atoms with Crippen LogP contribution < -0.4 is 33.2 Å². The third-order valence-corrected chi connectivity index (χ3v) is 5.86. The number of benzene rings is 1. The van der Waals surface area contributed by atoms with Gasteiger partial charge in [0.15, 0.2) is 0 Å². The molecule has 12 heteroatoms. The van der Waals surface area contributed by atoms with Crippen LogP contribution in [0.4, 0.5) is 0 Å². The van der Waals surface area contributed by atoms with Crippen molar-refractivity contribution in [1.82, 2.24) is 16.0 Å². The molecule has 0 saturated heterocycles. The molecule has 1 aromatic rings. The van der Waals surface area contributed by atoms with Crippen molar-refractivity contribution in [3.63, 3.8) is 0 Å². The number of hydrogen-bond acceptors (Lipinski definition) is 7. The highest BCUT2D eigenvalue weighted by atomic mass is 16.4. The number of aliphatic carboxylic acids is 1. The van der Waals surface area contributed by atoms with E-state index in [1.807, 2.05) is 19.9 Å². The zero-order valence-electron chi connectivity index (χ0n) is 22.2. The Morgan fingerprint density at radius 1 is 0.842 bits per heavy atom. The number of nitrogens with two attached hydrogens (primary N) is 3. The third-order valence-electron chi connectivity index (χ3n) is 5.86. The predicted octanol–water partition coefficient (Wildman–Crippen LogP) is -0.464. The number of rotatable bonds is 18. The van der Waals surface area contributed by atoms with Crippen LogP contribution in [0.15, 0.2) is 30.3 Å². The summed E-state index contributed by atoms with van der Waals surface area (Å²) in [5.41, 5.74) is 17.3. The number of primary amides is 1. The van der Waals surface area contributed by atoms with Crippen LogP contribution in [0.2, 0.25) is 0 Å². The van der Waals surface area contributed by atoms with Gasteiger partial charge in [0.1, 0.15) is 18.1 Å². The van der Waals surface area contributed by atoms with Crippen molar-refractivity contribution in [2.45, 2.75) is 83.0 Å². The van der Waals surface area contributed by atoms with Gasteiger partial charge in [-0.1, -0.05) is 44.2 Å². The highest BCUT2D eigenvalue weighted by Crippen LogP contribution is 2.09. The van der Waals surface area contributed by atoms with Crippen LogP contribution in [0.3, 0.4) is 0 Å². The summed E-state index contributed by atoms with van der Waals surface area (Å²) >= 11 is 0.